The van der Waals surface area contributed by atoms with Gasteiger partial charge >= 0.3 is 0 Å². The number of allylic oxidation sites excluding steroid dienone is 1. The molecule has 15 heteroatoms. The van der Waals surface area contributed by atoms with Gasteiger partial charge in [-0.25, -0.2) is 8.78 Å². The molecule has 6 atom stereocenters. The second kappa shape index (κ2) is 23.1. The van der Waals surface area contributed by atoms with E-state index in [0.717, 1.165) is 11.1 Å². The number of benzene rings is 5. The van der Waals surface area contributed by atoms with Gasteiger partial charge in [-0.05, 0) is 127 Å². The van der Waals surface area contributed by atoms with Gasteiger partial charge in [-0.3, -0.25) is 14.9 Å². The maximum Gasteiger partial charge on any atom is 0.269 e. The zero-order valence-electron chi connectivity index (χ0n) is 39.2. The summed E-state index contributed by atoms with van der Waals surface area (Å²) in [7, 11) is 0. The van der Waals surface area contributed by atoms with Gasteiger partial charge in [0.2, 0.25) is 5.79 Å². The first-order valence-corrected chi connectivity index (χ1v) is 23.9. The summed E-state index contributed by atoms with van der Waals surface area (Å²) >= 11 is 0. The normalized spacial score (nSPS) is 21.4. The van der Waals surface area contributed by atoms with Crippen LogP contribution in [-0.4, -0.2) is 63.3 Å². The number of carbonyl (C=O) groups is 1. The molecule has 1 saturated carbocycles. The minimum atomic E-state index is -1.65. The van der Waals surface area contributed by atoms with E-state index in [4.69, 9.17) is 24.2 Å². The van der Waals surface area contributed by atoms with E-state index in [1.807, 2.05) is 12.1 Å². The first-order valence-electron chi connectivity index (χ1n) is 23.9. The topological polar surface area (TPSA) is 177 Å². The van der Waals surface area contributed by atoms with E-state index in [1.165, 1.54) is 30.3 Å². The number of nitrogens with zero attached hydrogens (tertiary/aromatic N) is 4. The van der Waals surface area contributed by atoms with Gasteiger partial charge in [0.15, 0.2) is 0 Å². The molecule has 71 heavy (non-hydrogen) atoms. The Morgan fingerprint density at radius 2 is 1.65 bits per heavy atom. The fourth-order valence-electron chi connectivity index (χ4n) is 10.4. The summed E-state index contributed by atoms with van der Waals surface area (Å²) in [4.78, 5) is 34.2. The summed E-state index contributed by atoms with van der Waals surface area (Å²) in [6.07, 6.45) is 7.75. The average molecular weight is 967 g/mol. The second-order valence-electron chi connectivity index (χ2n) is 18.1. The lowest BCUT2D eigenvalue weighted by atomic mass is 9.55. The Morgan fingerprint density at radius 1 is 0.930 bits per heavy atom. The summed E-state index contributed by atoms with van der Waals surface area (Å²) < 4.78 is 50.2. The van der Waals surface area contributed by atoms with Crippen molar-refractivity contribution in [3.8, 4) is 17.6 Å². The van der Waals surface area contributed by atoms with E-state index >= 15 is 4.79 Å². The Bertz CT molecular complexity index is 2780. The van der Waals surface area contributed by atoms with E-state index in [1.54, 1.807) is 83.8 Å². The molecule has 1 fully saturated rings. The number of ether oxygens (including phenoxy) is 3. The van der Waals surface area contributed by atoms with Crippen LogP contribution in [-0.2, 0) is 29.3 Å². The number of aliphatic hydroxyl groups excluding tert-OH is 2. The number of carbonyl (C=O) groups excluding carboxylic acids is 1. The quantitative estimate of drug-likeness (QED) is 0.0294. The number of unbranched alkanes of at least 4 members (excludes halogenated alkanes) is 2. The highest BCUT2D eigenvalue weighted by molar-refractivity contribution is 6.03. The number of non-ortho nitro benzene ring substituents is 1. The predicted octanol–water partition coefficient (Wildman–Crippen LogP) is 10.5. The molecule has 6 unspecified atom stereocenters. The van der Waals surface area contributed by atoms with Crippen LogP contribution in [0.2, 0.25) is 0 Å². The van der Waals surface area contributed by atoms with E-state index < -0.39 is 46.1 Å². The Morgan fingerprint density at radius 3 is 2.34 bits per heavy atom. The maximum absolute atomic E-state index is 15.4. The number of rotatable bonds is 22. The van der Waals surface area contributed by atoms with Crippen LogP contribution in [0.3, 0.4) is 0 Å². The Labute approximate surface area is 411 Å². The van der Waals surface area contributed by atoms with Crippen molar-refractivity contribution in [2.24, 2.45) is 22.9 Å². The molecule has 2 N–H and O–H groups in total. The Balaban J connectivity index is 1.34. The molecule has 1 amide bonds. The lowest BCUT2D eigenvalue weighted by Gasteiger charge is -2.60. The molecule has 3 aliphatic rings. The SMILES string of the molecule is C=CCOC12Oc3ccc(OCc4ccccc4F)cc3C3C(CCCCO)C(CCCCO)C=C(C(=NOCc4ccc([N+](=O)[O-])cc4)CC1N(Cc1ccc(F)cc1)C(=O)c1ccc(C#N)cc1)C32. The minimum Gasteiger partial charge on any atom is -0.489 e. The van der Waals surface area contributed by atoms with Crippen LogP contribution in [0.1, 0.15) is 89.0 Å². The molecule has 0 aromatic heterocycles. The molecule has 5 aromatic rings. The summed E-state index contributed by atoms with van der Waals surface area (Å²) in [6.45, 7) is 3.92. The first-order chi connectivity index (χ1) is 34.6. The van der Waals surface area contributed by atoms with Gasteiger partial charge in [-0.2, -0.15) is 5.26 Å². The van der Waals surface area contributed by atoms with Crippen molar-refractivity contribution in [2.45, 2.75) is 82.5 Å². The summed E-state index contributed by atoms with van der Waals surface area (Å²) in [5.74, 6) is -3.31. The van der Waals surface area contributed by atoms with Crippen LogP contribution in [0.5, 0.6) is 11.5 Å². The van der Waals surface area contributed by atoms with E-state index in [0.29, 0.717) is 78.0 Å². The lowest BCUT2D eigenvalue weighted by molar-refractivity contribution is -0.384. The predicted molar refractivity (Wildman–Crippen MR) is 261 cm³/mol. The number of nitro groups is 1. The molecule has 2 aliphatic carbocycles. The van der Waals surface area contributed by atoms with Crippen LogP contribution in [0.25, 0.3) is 0 Å². The van der Waals surface area contributed by atoms with Crippen LogP contribution < -0.4 is 9.47 Å². The van der Waals surface area contributed by atoms with Crippen LogP contribution >= 0.6 is 0 Å². The van der Waals surface area contributed by atoms with Crippen LogP contribution in [0.4, 0.5) is 14.5 Å². The molecule has 8 rings (SSSR count). The van der Waals surface area contributed by atoms with Gasteiger partial charge in [-0.15, -0.1) is 6.58 Å². The third-order valence-electron chi connectivity index (χ3n) is 13.7. The van der Waals surface area contributed by atoms with Gasteiger partial charge in [0, 0.05) is 60.9 Å². The molecule has 1 aliphatic heterocycles. The summed E-state index contributed by atoms with van der Waals surface area (Å²) in [5, 5.41) is 46.0. The molecule has 0 radical (unpaired) electrons. The van der Waals surface area contributed by atoms with Gasteiger partial charge in [0.1, 0.15) is 42.4 Å². The fourth-order valence-corrected chi connectivity index (χ4v) is 10.4. The van der Waals surface area contributed by atoms with Gasteiger partial charge in [-0.1, -0.05) is 60.5 Å². The molecular formula is C56H56F2N4O9. The molecule has 0 saturated heterocycles. The van der Waals surface area contributed by atoms with Crippen molar-refractivity contribution in [1.82, 2.24) is 4.90 Å². The largest absolute Gasteiger partial charge is 0.489 e. The van der Waals surface area contributed by atoms with Gasteiger partial charge in [0.05, 0.1) is 34.8 Å². The number of nitro benzene ring substituents is 1. The maximum atomic E-state index is 15.4. The van der Waals surface area contributed by atoms with E-state index in [2.05, 4.69) is 18.7 Å². The van der Waals surface area contributed by atoms with Crippen LogP contribution in [0, 0.1) is 50.8 Å². The Hall–Kier alpha value is -7.25. The van der Waals surface area contributed by atoms with E-state index in [-0.39, 0.29) is 69.1 Å². The Kier molecular flexibility index (Phi) is 16.3. The number of hydrogen-bond donors (Lipinski definition) is 2. The molecule has 13 nitrogen and oxygen atoms in total. The highest BCUT2D eigenvalue weighted by Gasteiger charge is 2.65. The summed E-state index contributed by atoms with van der Waals surface area (Å²) in [5.41, 5.74) is 4.24. The van der Waals surface area contributed by atoms with Crippen molar-refractivity contribution in [3.05, 3.63) is 195 Å². The number of halogens is 2. The molecule has 1 heterocycles. The number of amides is 1. The number of oxime groups is 1. The highest BCUT2D eigenvalue weighted by atomic mass is 19.1. The average Bonchev–Trinajstić information content (AvgIpc) is 3.39. The summed E-state index contributed by atoms with van der Waals surface area (Å²) in [6, 6.07) is 31.2. The third kappa shape index (κ3) is 11.2. The number of fused-ring (bicyclic) bond motifs is 2. The zero-order valence-corrected chi connectivity index (χ0v) is 39.2. The number of nitriles is 1. The molecule has 368 valence electrons. The highest BCUT2D eigenvalue weighted by Crippen LogP contribution is 2.62. The van der Waals surface area contributed by atoms with Crippen molar-refractivity contribution in [3.63, 3.8) is 0 Å². The second-order valence-corrected chi connectivity index (χ2v) is 18.1. The first kappa shape index (κ1) is 50.1. The monoisotopic (exact) mass is 966 g/mol. The molecule has 5 aromatic carbocycles. The van der Waals surface area contributed by atoms with Crippen molar-refractivity contribution < 1.29 is 47.8 Å². The van der Waals surface area contributed by atoms with Gasteiger partial charge < -0.3 is 34.2 Å². The molecule has 0 spiro atoms. The standard InChI is InChI=1S/C56H56F2N4O9/c1-2-29-69-56-52(61(34-38-15-21-43(57)22-16-38)55(65)40-19-13-37(33-59)14-20-40)32-50(60-70-35-39-17-23-44(24-18-39)62(66)67)47-30-41(9-5-7-27-63)46(11-6-8-28-64)53(54(47)56)48-31-45(25-26-51(48)71-56)68-36-42-10-3-4-12-49(42)58/h2-4,10,12-26,30-31,41,46,52-54,63-64H,1,5-9,11,27-29,32,34-36H2. The zero-order chi connectivity index (χ0) is 49.9. The smallest absolute Gasteiger partial charge is 0.269 e. The van der Waals surface area contributed by atoms with Crippen LogP contribution in [0.15, 0.2) is 145 Å². The van der Waals surface area contributed by atoms with E-state index in [9.17, 15) is 34.4 Å². The number of aliphatic hydroxyl groups is 2. The van der Waals surface area contributed by atoms with Gasteiger partial charge in [0.25, 0.3) is 11.6 Å². The van der Waals surface area contributed by atoms with Crippen molar-refractivity contribution in [2.75, 3.05) is 19.8 Å². The number of hydrogen-bond acceptors (Lipinski definition) is 11. The van der Waals surface area contributed by atoms with Crippen molar-refractivity contribution in [1.29, 1.82) is 5.26 Å². The lowest BCUT2D eigenvalue weighted by Crippen LogP contribution is -2.70. The minimum absolute atomic E-state index is 0.000158. The third-order valence-corrected chi connectivity index (χ3v) is 13.7. The molecular weight excluding hydrogens is 911 g/mol. The molecule has 0 bridgehead atoms. The van der Waals surface area contributed by atoms with Crippen molar-refractivity contribution >= 4 is 17.3 Å². The fraction of sp³-hybridized carbons (Fsp3) is 0.339.